The number of fused-ring (bicyclic) bond motifs is 1. The number of halogens is 1. The molecule has 8 nitrogen and oxygen atoms in total. The summed E-state index contributed by atoms with van der Waals surface area (Å²) >= 11 is 0. The average molecular weight is 268 g/mol. The lowest BCUT2D eigenvalue weighted by molar-refractivity contribution is -0.00873. The summed E-state index contributed by atoms with van der Waals surface area (Å²) < 4.78 is 18.9. The molecule has 0 spiro atoms. The van der Waals surface area contributed by atoms with E-state index in [1.54, 1.807) is 0 Å². The fourth-order valence-corrected chi connectivity index (χ4v) is 2.15. The van der Waals surface area contributed by atoms with Crippen molar-refractivity contribution in [1.82, 2.24) is 19.9 Å². The monoisotopic (exact) mass is 268 g/mol. The van der Waals surface area contributed by atoms with E-state index in [9.17, 15) is 4.39 Å². The van der Waals surface area contributed by atoms with Crippen LogP contribution in [0, 0.1) is 0 Å². The van der Waals surface area contributed by atoms with Gasteiger partial charge in [-0.1, -0.05) is 0 Å². The third-order valence-electron chi connectivity index (χ3n) is 3.08. The SMILES string of the molecule is Nc1nc(N)c2[nH]c(C3C[C@H](F)[C@@H](CO)O3)nc2n1. The topological polar surface area (TPSA) is 136 Å². The molecule has 0 radical (unpaired) electrons. The van der Waals surface area contributed by atoms with Crippen LogP contribution in [0.2, 0.25) is 0 Å². The zero-order chi connectivity index (χ0) is 13.6. The molecule has 3 atom stereocenters. The number of hydrogen-bond donors (Lipinski definition) is 4. The van der Waals surface area contributed by atoms with Crippen LogP contribution in [0.15, 0.2) is 0 Å². The minimum atomic E-state index is -1.23. The number of nitrogen functional groups attached to an aromatic ring is 2. The van der Waals surface area contributed by atoms with Crippen molar-refractivity contribution in [3.8, 4) is 0 Å². The van der Waals surface area contributed by atoms with E-state index >= 15 is 0 Å². The fraction of sp³-hybridized carbons (Fsp3) is 0.500. The van der Waals surface area contributed by atoms with Gasteiger partial charge in [0.2, 0.25) is 5.95 Å². The molecule has 3 rings (SSSR count). The molecule has 3 heterocycles. The fourth-order valence-electron chi connectivity index (χ4n) is 2.15. The van der Waals surface area contributed by atoms with Gasteiger partial charge in [-0.15, -0.1) is 0 Å². The quantitative estimate of drug-likeness (QED) is 0.585. The Bertz CT molecular complexity index is 617. The predicted molar refractivity (Wildman–Crippen MR) is 64.7 cm³/mol. The van der Waals surface area contributed by atoms with Crippen LogP contribution >= 0.6 is 0 Å². The third-order valence-corrected chi connectivity index (χ3v) is 3.08. The van der Waals surface area contributed by atoms with Gasteiger partial charge in [-0.05, 0) is 0 Å². The molecule has 2 aromatic heterocycles. The number of aromatic nitrogens is 4. The number of hydrogen-bond acceptors (Lipinski definition) is 7. The van der Waals surface area contributed by atoms with E-state index in [0.717, 1.165) is 0 Å². The molecular weight excluding hydrogens is 255 g/mol. The highest BCUT2D eigenvalue weighted by atomic mass is 19.1. The first kappa shape index (κ1) is 12.1. The summed E-state index contributed by atoms with van der Waals surface area (Å²) in [6.45, 7) is -0.368. The van der Waals surface area contributed by atoms with Crippen LogP contribution in [0.3, 0.4) is 0 Å². The maximum Gasteiger partial charge on any atom is 0.224 e. The zero-order valence-electron chi connectivity index (χ0n) is 9.88. The van der Waals surface area contributed by atoms with Crippen molar-refractivity contribution in [1.29, 1.82) is 0 Å². The van der Waals surface area contributed by atoms with E-state index in [4.69, 9.17) is 21.3 Å². The van der Waals surface area contributed by atoms with Crippen LogP contribution in [-0.4, -0.2) is 43.9 Å². The van der Waals surface area contributed by atoms with Gasteiger partial charge in [-0.3, -0.25) is 0 Å². The molecule has 0 aromatic carbocycles. The molecule has 0 bridgehead atoms. The van der Waals surface area contributed by atoms with Crippen molar-refractivity contribution in [2.75, 3.05) is 18.1 Å². The maximum atomic E-state index is 13.5. The Kier molecular flexibility index (Phi) is 2.72. The molecule has 19 heavy (non-hydrogen) atoms. The first-order chi connectivity index (χ1) is 9.08. The van der Waals surface area contributed by atoms with Gasteiger partial charge in [0.05, 0.1) is 6.61 Å². The normalized spacial score (nSPS) is 27.2. The number of nitrogens with one attached hydrogen (secondary N) is 1. The highest BCUT2D eigenvalue weighted by Crippen LogP contribution is 2.34. The van der Waals surface area contributed by atoms with Crippen LogP contribution in [0.5, 0.6) is 0 Å². The minimum absolute atomic E-state index is 0.0204. The molecule has 0 saturated carbocycles. The minimum Gasteiger partial charge on any atom is -0.394 e. The first-order valence-electron chi connectivity index (χ1n) is 5.77. The van der Waals surface area contributed by atoms with Gasteiger partial charge in [0, 0.05) is 6.42 Å². The Hall–Kier alpha value is -2.00. The third kappa shape index (κ3) is 1.96. The number of H-pyrrole nitrogens is 1. The van der Waals surface area contributed by atoms with Crippen molar-refractivity contribution in [2.45, 2.75) is 24.8 Å². The maximum absolute atomic E-state index is 13.5. The van der Waals surface area contributed by atoms with Crippen molar-refractivity contribution in [2.24, 2.45) is 0 Å². The number of anilines is 2. The van der Waals surface area contributed by atoms with Gasteiger partial charge >= 0.3 is 0 Å². The molecule has 1 unspecified atom stereocenters. The first-order valence-corrected chi connectivity index (χ1v) is 5.77. The molecule has 102 valence electrons. The molecular formula is C10H13FN6O2. The van der Waals surface area contributed by atoms with Crippen molar-refractivity contribution < 1.29 is 14.2 Å². The number of alkyl halides is 1. The number of ether oxygens (including phenoxy) is 1. The van der Waals surface area contributed by atoms with E-state index in [1.807, 2.05) is 0 Å². The van der Waals surface area contributed by atoms with Crippen LogP contribution in [-0.2, 0) is 4.74 Å². The second-order valence-corrected chi connectivity index (χ2v) is 4.39. The number of rotatable bonds is 2. The Labute approximate surface area is 107 Å². The van der Waals surface area contributed by atoms with E-state index in [0.29, 0.717) is 17.0 Å². The van der Waals surface area contributed by atoms with Crippen molar-refractivity contribution in [3.05, 3.63) is 5.82 Å². The molecule has 0 aliphatic carbocycles. The van der Waals surface area contributed by atoms with Crippen molar-refractivity contribution >= 4 is 22.9 Å². The van der Waals surface area contributed by atoms with Crippen molar-refractivity contribution in [3.63, 3.8) is 0 Å². The van der Waals surface area contributed by atoms with E-state index in [-0.39, 0.29) is 24.8 Å². The lowest BCUT2D eigenvalue weighted by atomic mass is 10.1. The summed E-state index contributed by atoms with van der Waals surface area (Å²) in [5.41, 5.74) is 11.9. The predicted octanol–water partition coefficient (Wildman–Crippen LogP) is -0.322. The smallest absolute Gasteiger partial charge is 0.224 e. The molecule has 1 fully saturated rings. The van der Waals surface area contributed by atoms with Gasteiger partial charge < -0.3 is 26.3 Å². The molecule has 1 saturated heterocycles. The number of nitrogens with zero attached hydrogens (tertiary/aromatic N) is 3. The summed E-state index contributed by atoms with van der Waals surface area (Å²) in [6.07, 6.45) is -2.50. The average Bonchev–Trinajstić information content (AvgIpc) is 2.92. The number of aliphatic hydroxyl groups excluding tert-OH is 1. The van der Waals surface area contributed by atoms with Crippen LogP contribution in [0.4, 0.5) is 16.2 Å². The number of aromatic amines is 1. The Morgan fingerprint density at radius 3 is 2.84 bits per heavy atom. The molecule has 9 heteroatoms. The van der Waals surface area contributed by atoms with Gasteiger partial charge in [0.15, 0.2) is 11.5 Å². The van der Waals surface area contributed by atoms with Crippen LogP contribution < -0.4 is 11.5 Å². The van der Waals surface area contributed by atoms with E-state index < -0.39 is 18.4 Å². The van der Waals surface area contributed by atoms with Crippen LogP contribution in [0.25, 0.3) is 11.2 Å². The second-order valence-electron chi connectivity index (χ2n) is 4.39. The Balaban J connectivity index is 1.96. The summed E-state index contributed by atoms with van der Waals surface area (Å²) in [7, 11) is 0. The lowest BCUT2D eigenvalue weighted by Gasteiger charge is -2.09. The number of imidazole rings is 1. The summed E-state index contributed by atoms with van der Waals surface area (Å²) in [4.78, 5) is 14.8. The van der Waals surface area contributed by atoms with E-state index in [2.05, 4.69) is 19.9 Å². The lowest BCUT2D eigenvalue weighted by Crippen LogP contribution is -2.20. The molecule has 6 N–H and O–H groups in total. The Morgan fingerprint density at radius 1 is 1.37 bits per heavy atom. The molecule has 1 aliphatic rings. The van der Waals surface area contributed by atoms with Gasteiger partial charge in [0.1, 0.15) is 29.7 Å². The second kappa shape index (κ2) is 4.28. The molecule has 0 amide bonds. The summed E-state index contributed by atoms with van der Waals surface area (Å²) in [5, 5.41) is 8.97. The molecule has 1 aliphatic heterocycles. The standard InChI is InChI=1S/C10H13FN6O2/c11-3-1-4(19-5(3)2-18)8-14-6-7(12)15-10(13)17-9(6)16-8/h3-5,18H,1-2H2,(H5,12,13,14,15,16,17)/t3-,4?,5+/m0/s1. The van der Waals surface area contributed by atoms with Crippen LogP contribution in [0.1, 0.15) is 18.3 Å². The van der Waals surface area contributed by atoms with Gasteiger partial charge in [-0.2, -0.15) is 9.97 Å². The van der Waals surface area contributed by atoms with E-state index in [1.165, 1.54) is 0 Å². The molecule has 2 aromatic rings. The summed E-state index contributed by atoms with van der Waals surface area (Å²) in [6, 6.07) is 0. The zero-order valence-corrected chi connectivity index (χ0v) is 9.88. The Morgan fingerprint density at radius 2 is 2.16 bits per heavy atom. The van der Waals surface area contributed by atoms with Gasteiger partial charge in [0.25, 0.3) is 0 Å². The summed E-state index contributed by atoms with van der Waals surface area (Å²) in [5.74, 6) is 0.599. The number of aliphatic hydroxyl groups is 1. The number of nitrogens with two attached hydrogens (primary N) is 2. The largest absolute Gasteiger partial charge is 0.394 e. The highest BCUT2D eigenvalue weighted by molar-refractivity contribution is 5.82. The van der Waals surface area contributed by atoms with Gasteiger partial charge in [-0.25, -0.2) is 9.37 Å². The highest BCUT2D eigenvalue weighted by Gasteiger charge is 2.37.